The lowest BCUT2D eigenvalue weighted by molar-refractivity contribution is 0.393. The molecule has 1 aromatic heterocycles. The summed E-state index contributed by atoms with van der Waals surface area (Å²) < 4.78 is 10.7. The molecule has 0 aliphatic carbocycles. The van der Waals surface area contributed by atoms with Gasteiger partial charge in [-0.1, -0.05) is 12.1 Å². The van der Waals surface area contributed by atoms with Crippen molar-refractivity contribution in [2.75, 3.05) is 25.7 Å². The molecule has 2 aromatic carbocycles. The predicted octanol–water partition coefficient (Wildman–Crippen LogP) is 5.21. The number of aromatic nitrogens is 1. The van der Waals surface area contributed by atoms with Gasteiger partial charge in [0.05, 0.1) is 37.7 Å². The van der Waals surface area contributed by atoms with Crippen molar-refractivity contribution >= 4 is 28.4 Å². The number of hydrogen-bond donors (Lipinski definition) is 2. The highest BCUT2D eigenvalue weighted by atomic mass is 32.1. The third-order valence-corrected chi connectivity index (χ3v) is 6.16. The first kappa shape index (κ1) is 20.0. The number of hydrogen-bond acceptors (Lipinski definition) is 6. The number of nitrogens with zero attached hydrogens (tertiary/aromatic N) is 2. The molecular formula is C23H23N3O3S. The highest BCUT2D eigenvalue weighted by molar-refractivity contribution is 7.11. The number of thiazole rings is 1. The lowest BCUT2D eigenvalue weighted by Crippen LogP contribution is -2.26. The van der Waals surface area contributed by atoms with Gasteiger partial charge in [0.15, 0.2) is 0 Å². The van der Waals surface area contributed by atoms with Gasteiger partial charge < -0.3 is 19.5 Å². The summed E-state index contributed by atoms with van der Waals surface area (Å²) >= 11 is 1.42. The van der Waals surface area contributed by atoms with Crippen LogP contribution in [0.4, 0.5) is 5.69 Å². The van der Waals surface area contributed by atoms with E-state index in [0.29, 0.717) is 27.8 Å². The molecule has 6 nitrogen and oxygen atoms in total. The summed E-state index contributed by atoms with van der Waals surface area (Å²) in [5, 5.41) is 22.0. The summed E-state index contributed by atoms with van der Waals surface area (Å²) in [5.41, 5.74) is 5.45. The van der Waals surface area contributed by atoms with E-state index in [4.69, 9.17) is 19.9 Å². The molecule has 3 aromatic rings. The van der Waals surface area contributed by atoms with E-state index in [9.17, 15) is 5.11 Å². The van der Waals surface area contributed by atoms with Crippen LogP contribution in [0.15, 0.2) is 47.5 Å². The van der Waals surface area contributed by atoms with Crippen molar-refractivity contribution in [1.82, 2.24) is 4.98 Å². The number of aliphatic hydroxyl groups excluding tert-OH is 1. The van der Waals surface area contributed by atoms with Crippen molar-refractivity contribution in [2.24, 2.45) is 0 Å². The monoisotopic (exact) mass is 421 g/mol. The lowest BCUT2D eigenvalue weighted by Gasteiger charge is -2.21. The number of anilines is 1. The summed E-state index contributed by atoms with van der Waals surface area (Å²) in [4.78, 5) is 6.42. The van der Waals surface area contributed by atoms with Crippen LogP contribution in [0.5, 0.6) is 11.5 Å². The van der Waals surface area contributed by atoms with Gasteiger partial charge in [0, 0.05) is 17.0 Å². The molecule has 2 N–H and O–H groups in total. The zero-order valence-corrected chi connectivity index (χ0v) is 18.1. The molecule has 0 atom stereocenters. The second kappa shape index (κ2) is 7.84. The second-order valence-electron chi connectivity index (χ2n) is 7.13. The first-order valence-electron chi connectivity index (χ1n) is 9.47. The molecule has 0 unspecified atom stereocenters. The summed E-state index contributed by atoms with van der Waals surface area (Å²) in [7, 11) is 3.16. The Hall–Kier alpha value is -3.32. The minimum Gasteiger partial charge on any atom is -0.510 e. The third kappa shape index (κ3) is 3.41. The molecule has 4 rings (SSSR count). The number of methoxy groups -OCH3 is 2. The highest BCUT2D eigenvalue weighted by Gasteiger charge is 2.32. The molecule has 30 heavy (non-hydrogen) atoms. The second-order valence-corrected chi connectivity index (χ2v) is 7.99. The van der Waals surface area contributed by atoms with E-state index in [0.717, 1.165) is 11.3 Å². The number of aryl methyl sites for hydroxylation is 2. The molecule has 0 radical (unpaired) electrons. The van der Waals surface area contributed by atoms with Crippen molar-refractivity contribution in [1.29, 1.82) is 5.41 Å². The molecule has 154 valence electrons. The standard InChI is InChI=1S/C23H23N3O3S/c1-13-5-6-15(9-14(13)2)17-12-30-23(25-17)21-19(27)11-26(22(21)24)18-8-7-16(28-3)10-20(18)29-4/h5-10,12,24,27H,11H2,1-4H3. The minimum atomic E-state index is 0.124. The van der Waals surface area contributed by atoms with Gasteiger partial charge in [-0.05, 0) is 43.2 Å². The maximum Gasteiger partial charge on any atom is 0.146 e. The molecule has 0 saturated heterocycles. The SMILES string of the molecule is COc1ccc(N2CC(O)=C(c3nc(-c4ccc(C)c(C)c4)cs3)C2=N)c(OC)c1. The van der Waals surface area contributed by atoms with Gasteiger partial charge in [0.2, 0.25) is 0 Å². The third-order valence-electron chi connectivity index (χ3n) is 5.30. The average molecular weight is 422 g/mol. The summed E-state index contributed by atoms with van der Waals surface area (Å²) in [5.74, 6) is 1.55. The summed E-state index contributed by atoms with van der Waals surface area (Å²) in [6.45, 7) is 4.35. The Bertz CT molecular complexity index is 1170. The molecule has 1 aliphatic heterocycles. The van der Waals surface area contributed by atoms with Gasteiger partial charge in [0.1, 0.15) is 28.1 Å². The van der Waals surface area contributed by atoms with Crippen LogP contribution in [0.2, 0.25) is 0 Å². The summed E-state index contributed by atoms with van der Waals surface area (Å²) in [6, 6.07) is 11.6. The number of aliphatic hydroxyl groups is 1. The van der Waals surface area contributed by atoms with Crippen LogP contribution in [-0.4, -0.2) is 36.7 Å². The van der Waals surface area contributed by atoms with Gasteiger partial charge in [0.25, 0.3) is 0 Å². The van der Waals surface area contributed by atoms with E-state index in [1.165, 1.54) is 22.5 Å². The molecule has 0 fully saturated rings. The minimum absolute atomic E-state index is 0.124. The molecule has 0 amide bonds. The van der Waals surface area contributed by atoms with E-state index in [-0.39, 0.29) is 18.1 Å². The number of benzene rings is 2. The van der Waals surface area contributed by atoms with Gasteiger partial charge in [-0.15, -0.1) is 11.3 Å². The Morgan fingerprint density at radius 1 is 1.07 bits per heavy atom. The number of rotatable bonds is 5. The van der Waals surface area contributed by atoms with Gasteiger partial charge >= 0.3 is 0 Å². The number of ether oxygens (including phenoxy) is 2. The van der Waals surface area contributed by atoms with Crippen LogP contribution < -0.4 is 14.4 Å². The van der Waals surface area contributed by atoms with Crippen molar-refractivity contribution < 1.29 is 14.6 Å². The maximum atomic E-state index is 10.7. The Balaban J connectivity index is 1.65. The van der Waals surface area contributed by atoms with E-state index in [1.54, 1.807) is 31.3 Å². The molecule has 2 heterocycles. The van der Waals surface area contributed by atoms with Crippen LogP contribution in [-0.2, 0) is 0 Å². The fraction of sp³-hybridized carbons (Fsp3) is 0.217. The largest absolute Gasteiger partial charge is 0.510 e. The molecular weight excluding hydrogens is 398 g/mol. The average Bonchev–Trinajstić information content (AvgIpc) is 3.33. The fourth-order valence-corrected chi connectivity index (χ4v) is 4.34. The zero-order chi connectivity index (χ0) is 21.4. The van der Waals surface area contributed by atoms with E-state index in [2.05, 4.69) is 26.0 Å². The molecule has 0 saturated carbocycles. The Morgan fingerprint density at radius 3 is 2.57 bits per heavy atom. The van der Waals surface area contributed by atoms with Crippen molar-refractivity contribution in [2.45, 2.75) is 13.8 Å². The van der Waals surface area contributed by atoms with Crippen molar-refractivity contribution in [3.8, 4) is 22.8 Å². The van der Waals surface area contributed by atoms with Crippen LogP contribution >= 0.6 is 11.3 Å². The molecule has 0 bridgehead atoms. The molecule has 7 heteroatoms. The van der Waals surface area contributed by atoms with Gasteiger partial charge in [-0.3, -0.25) is 5.41 Å². The van der Waals surface area contributed by atoms with E-state index >= 15 is 0 Å². The smallest absolute Gasteiger partial charge is 0.146 e. The van der Waals surface area contributed by atoms with Crippen molar-refractivity contribution in [3.05, 3.63) is 63.7 Å². The van der Waals surface area contributed by atoms with Crippen LogP contribution in [0, 0.1) is 19.3 Å². The van der Waals surface area contributed by atoms with Crippen LogP contribution in [0.3, 0.4) is 0 Å². The maximum absolute atomic E-state index is 10.7. The van der Waals surface area contributed by atoms with Crippen LogP contribution in [0.1, 0.15) is 16.1 Å². The Labute approximate surface area is 179 Å². The quantitative estimate of drug-likeness (QED) is 0.591. The normalized spacial score (nSPS) is 13.9. The van der Waals surface area contributed by atoms with Gasteiger partial charge in [-0.25, -0.2) is 4.98 Å². The number of nitrogens with one attached hydrogen (secondary N) is 1. The van der Waals surface area contributed by atoms with Crippen LogP contribution in [0.25, 0.3) is 16.8 Å². The van der Waals surface area contributed by atoms with Gasteiger partial charge in [-0.2, -0.15) is 0 Å². The Morgan fingerprint density at radius 2 is 1.87 bits per heavy atom. The zero-order valence-electron chi connectivity index (χ0n) is 17.3. The lowest BCUT2D eigenvalue weighted by atomic mass is 10.1. The summed E-state index contributed by atoms with van der Waals surface area (Å²) in [6.07, 6.45) is 0. The Kier molecular flexibility index (Phi) is 5.22. The van der Waals surface area contributed by atoms with E-state index < -0.39 is 0 Å². The highest BCUT2D eigenvalue weighted by Crippen LogP contribution is 2.39. The first-order chi connectivity index (χ1) is 14.4. The number of amidine groups is 1. The topological polar surface area (TPSA) is 78.7 Å². The molecule has 1 aliphatic rings. The predicted molar refractivity (Wildman–Crippen MR) is 121 cm³/mol. The van der Waals surface area contributed by atoms with Crippen molar-refractivity contribution in [3.63, 3.8) is 0 Å². The first-order valence-corrected chi connectivity index (χ1v) is 10.3. The fourth-order valence-electron chi connectivity index (χ4n) is 3.44. The van der Waals surface area contributed by atoms with E-state index in [1.807, 2.05) is 17.5 Å². The molecule has 0 spiro atoms.